The SMILES string of the molecule is CCCCCCC/C=C\C/C=C\CCCCCCCCCCCCCC(=O)OC(COC(=O)CCCCCCCCCCCCCC)COC(=O)CCCCCCCCCCCCCCCCCCCCCCCCCC. The molecule has 6 nitrogen and oxygen atoms in total. The van der Waals surface area contributed by atoms with Crippen molar-refractivity contribution in [2.75, 3.05) is 13.2 Å². The monoisotopic (exact) mass is 1080 g/mol. The van der Waals surface area contributed by atoms with Gasteiger partial charge in [-0.05, 0) is 51.4 Å². The van der Waals surface area contributed by atoms with Crippen molar-refractivity contribution in [1.82, 2.24) is 0 Å². The molecule has 0 N–H and O–H groups in total. The minimum absolute atomic E-state index is 0.0654. The van der Waals surface area contributed by atoms with Crippen molar-refractivity contribution in [3.8, 4) is 0 Å². The maximum absolute atomic E-state index is 12.9. The Hall–Kier alpha value is -2.11. The van der Waals surface area contributed by atoms with Crippen molar-refractivity contribution in [2.45, 2.75) is 399 Å². The molecule has 0 aromatic rings. The third-order valence-electron chi connectivity index (χ3n) is 16.0. The number of carbonyl (C=O) groups excluding carboxylic acids is 3. The molecule has 0 amide bonds. The molecule has 0 radical (unpaired) electrons. The number of unbranched alkanes of at least 4 members (excludes halogenated alkanes) is 50. The quantitative estimate of drug-likeness (QED) is 0.0261. The molecule has 0 aromatic carbocycles. The first-order chi connectivity index (χ1) is 38.0. The number of hydrogen-bond acceptors (Lipinski definition) is 6. The zero-order valence-electron chi connectivity index (χ0n) is 52.3. The van der Waals surface area contributed by atoms with Gasteiger partial charge in [0.15, 0.2) is 6.10 Å². The van der Waals surface area contributed by atoms with Gasteiger partial charge in [-0.1, -0.05) is 347 Å². The minimum Gasteiger partial charge on any atom is -0.462 e. The van der Waals surface area contributed by atoms with Crippen LogP contribution in [0.3, 0.4) is 0 Å². The molecule has 1 atom stereocenters. The van der Waals surface area contributed by atoms with Crippen LogP contribution >= 0.6 is 0 Å². The Bertz CT molecular complexity index is 1240. The Labute approximate surface area is 481 Å². The van der Waals surface area contributed by atoms with E-state index in [2.05, 4.69) is 45.1 Å². The van der Waals surface area contributed by atoms with Gasteiger partial charge in [-0.2, -0.15) is 0 Å². The average molecular weight is 1080 g/mol. The van der Waals surface area contributed by atoms with Crippen LogP contribution in [0.25, 0.3) is 0 Å². The summed E-state index contributed by atoms with van der Waals surface area (Å²) in [5, 5.41) is 0. The summed E-state index contributed by atoms with van der Waals surface area (Å²) < 4.78 is 17.0. The number of rotatable bonds is 65. The van der Waals surface area contributed by atoms with E-state index in [1.807, 2.05) is 0 Å². The van der Waals surface area contributed by atoms with Crippen LogP contribution in [0.5, 0.6) is 0 Å². The van der Waals surface area contributed by atoms with Crippen LogP contribution in [0.1, 0.15) is 393 Å². The Balaban J connectivity index is 4.21. The van der Waals surface area contributed by atoms with E-state index < -0.39 is 6.10 Å². The fourth-order valence-corrected chi connectivity index (χ4v) is 10.7. The molecule has 0 fully saturated rings. The van der Waals surface area contributed by atoms with E-state index in [0.717, 1.165) is 64.2 Å². The number of allylic oxidation sites excluding steroid dienone is 4. The highest BCUT2D eigenvalue weighted by atomic mass is 16.6. The predicted molar refractivity (Wildman–Crippen MR) is 335 cm³/mol. The van der Waals surface area contributed by atoms with Crippen molar-refractivity contribution < 1.29 is 28.6 Å². The standard InChI is InChI=1S/C71H134O6/c1-4-7-10-13-16-19-22-25-27-29-31-33-35-37-38-40-42-44-46-49-52-55-58-61-64-70(73)76-67-68(66-75-69(72)63-60-57-54-51-48-24-21-18-15-12-9-6-3)77-71(74)65-62-59-56-53-50-47-45-43-41-39-36-34-32-30-28-26-23-20-17-14-11-8-5-2/h23,26,30,32,68H,4-22,24-25,27-29,31,33-67H2,1-3H3/b26-23-,32-30-. The van der Waals surface area contributed by atoms with Gasteiger partial charge in [0.2, 0.25) is 0 Å². The lowest BCUT2D eigenvalue weighted by Gasteiger charge is -2.18. The fraction of sp³-hybridized carbons (Fsp3) is 0.901. The molecule has 1 unspecified atom stereocenters. The summed E-state index contributed by atoms with van der Waals surface area (Å²) in [7, 11) is 0. The Morgan fingerprint density at radius 1 is 0.260 bits per heavy atom. The van der Waals surface area contributed by atoms with Crippen LogP contribution in [0.15, 0.2) is 24.3 Å². The highest BCUT2D eigenvalue weighted by molar-refractivity contribution is 5.71. The molecule has 0 saturated carbocycles. The van der Waals surface area contributed by atoms with Crippen LogP contribution in [-0.4, -0.2) is 37.2 Å². The molecule has 0 aliphatic heterocycles. The van der Waals surface area contributed by atoms with Gasteiger partial charge in [-0.25, -0.2) is 0 Å². The van der Waals surface area contributed by atoms with E-state index in [1.54, 1.807) is 0 Å². The van der Waals surface area contributed by atoms with Gasteiger partial charge in [0.1, 0.15) is 13.2 Å². The molecule has 77 heavy (non-hydrogen) atoms. The van der Waals surface area contributed by atoms with Crippen LogP contribution in [0.2, 0.25) is 0 Å². The molecule has 0 bridgehead atoms. The molecule has 0 saturated heterocycles. The van der Waals surface area contributed by atoms with E-state index in [9.17, 15) is 14.4 Å². The van der Waals surface area contributed by atoms with Gasteiger partial charge in [0.05, 0.1) is 0 Å². The first-order valence-electron chi connectivity index (χ1n) is 34.8. The van der Waals surface area contributed by atoms with Crippen molar-refractivity contribution in [3.63, 3.8) is 0 Å². The largest absolute Gasteiger partial charge is 0.462 e. The zero-order chi connectivity index (χ0) is 55.7. The molecule has 6 heteroatoms. The van der Waals surface area contributed by atoms with Gasteiger partial charge >= 0.3 is 17.9 Å². The Morgan fingerprint density at radius 2 is 0.468 bits per heavy atom. The molecule has 0 aromatic heterocycles. The second-order valence-corrected chi connectivity index (χ2v) is 23.8. The molecule has 0 aliphatic rings. The van der Waals surface area contributed by atoms with Crippen LogP contribution in [0.4, 0.5) is 0 Å². The second kappa shape index (κ2) is 66.4. The van der Waals surface area contributed by atoms with E-state index in [-0.39, 0.29) is 31.1 Å². The molecule has 0 heterocycles. The summed E-state index contributed by atoms with van der Waals surface area (Å²) in [5.41, 5.74) is 0. The fourth-order valence-electron chi connectivity index (χ4n) is 10.7. The number of esters is 3. The second-order valence-electron chi connectivity index (χ2n) is 23.8. The van der Waals surface area contributed by atoms with E-state index in [0.29, 0.717) is 19.3 Å². The highest BCUT2D eigenvalue weighted by Crippen LogP contribution is 2.19. The third-order valence-corrected chi connectivity index (χ3v) is 16.0. The molecule has 0 aliphatic carbocycles. The van der Waals surface area contributed by atoms with Crippen molar-refractivity contribution in [2.24, 2.45) is 0 Å². The molecular formula is C71H134O6. The summed E-state index contributed by atoms with van der Waals surface area (Å²) in [5.74, 6) is -0.836. The minimum atomic E-state index is -0.769. The number of ether oxygens (including phenoxy) is 3. The maximum Gasteiger partial charge on any atom is 0.306 e. The Morgan fingerprint density at radius 3 is 0.714 bits per heavy atom. The molecule has 0 spiro atoms. The lowest BCUT2D eigenvalue weighted by atomic mass is 10.0. The molecular weight excluding hydrogens is 949 g/mol. The van der Waals surface area contributed by atoms with Gasteiger partial charge in [-0.3, -0.25) is 14.4 Å². The first-order valence-corrected chi connectivity index (χ1v) is 34.8. The summed E-state index contributed by atoms with van der Waals surface area (Å²) in [6.45, 7) is 6.70. The van der Waals surface area contributed by atoms with E-state index in [4.69, 9.17) is 14.2 Å². The smallest absolute Gasteiger partial charge is 0.306 e. The summed E-state index contributed by atoms with van der Waals surface area (Å²) in [6.07, 6.45) is 80.6. The predicted octanol–water partition coefficient (Wildman–Crippen LogP) is 23.8. The normalized spacial score (nSPS) is 12.1. The van der Waals surface area contributed by atoms with Gasteiger partial charge in [0.25, 0.3) is 0 Å². The van der Waals surface area contributed by atoms with Gasteiger partial charge in [0, 0.05) is 19.3 Å². The lowest BCUT2D eigenvalue weighted by molar-refractivity contribution is -0.167. The van der Waals surface area contributed by atoms with E-state index in [1.165, 1.54) is 289 Å². The van der Waals surface area contributed by atoms with E-state index >= 15 is 0 Å². The van der Waals surface area contributed by atoms with Crippen LogP contribution < -0.4 is 0 Å². The lowest BCUT2D eigenvalue weighted by Crippen LogP contribution is -2.30. The Kier molecular flexibility index (Phi) is 64.6. The van der Waals surface area contributed by atoms with Gasteiger partial charge in [-0.15, -0.1) is 0 Å². The highest BCUT2D eigenvalue weighted by Gasteiger charge is 2.19. The molecule has 0 rings (SSSR count). The maximum atomic E-state index is 12.9. The van der Waals surface area contributed by atoms with Crippen molar-refractivity contribution in [1.29, 1.82) is 0 Å². The molecule has 454 valence electrons. The van der Waals surface area contributed by atoms with Crippen LogP contribution in [-0.2, 0) is 28.6 Å². The number of hydrogen-bond donors (Lipinski definition) is 0. The van der Waals surface area contributed by atoms with Crippen molar-refractivity contribution >= 4 is 17.9 Å². The number of carbonyl (C=O) groups is 3. The van der Waals surface area contributed by atoms with Crippen LogP contribution in [0, 0.1) is 0 Å². The zero-order valence-corrected chi connectivity index (χ0v) is 52.3. The first kappa shape index (κ1) is 74.9. The third kappa shape index (κ3) is 64.6. The average Bonchev–Trinajstić information content (AvgIpc) is 3.43. The topological polar surface area (TPSA) is 78.9 Å². The van der Waals surface area contributed by atoms with Crippen molar-refractivity contribution in [3.05, 3.63) is 24.3 Å². The summed E-state index contributed by atoms with van der Waals surface area (Å²) in [4.78, 5) is 38.4. The summed E-state index contributed by atoms with van der Waals surface area (Å²) >= 11 is 0. The summed E-state index contributed by atoms with van der Waals surface area (Å²) in [6, 6.07) is 0. The van der Waals surface area contributed by atoms with Gasteiger partial charge < -0.3 is 14.2 Å².